The first-order valence-electron chi connectivity index (χ1n) is 19.9. The molecule has 50 heavy (non-hydrogen) atoms. The third kappa shape index (κ3) is 9.01. The first-order chi connectivity index (χ1) is 23.0. The molecule has 4 aliphatic heterocycles. The Morgan fingerprint density at radius 1 is 0.780 bits per heavy atom. The average molecular weight is 707 g/mol. The van der Waals surface area contributed by atoms with E-state index in [4.69, 9.17) is 33.2 Å². The molecule has 0 aromatic carbocycles. The summed E-state index contributed by atoms with van der Waals surface area (Å²) < 4.78 is 47.1. The van der Waals surface area contributed by atoms with E-state index >= 15 is 0 Å². The van der Waals surface area contributed by atoms with Crippen molar-refractivity contribution >= 4 is 5.97 Å². The van der Waals surface area contributed by atoms with Gasteiger partial charge in [-0.05, 0) is 88.0 Å². The van der Waals surface area contributed by atoms with Crippen molar-refractivity contribution < 1.29 is 38.0 Å². The van der Waals surface area contributed by atoms with Crippen molar-refractivity contribution in [2.75, 3.05) is 0 Å². The molecule has 290 valence electrons. The Kier molecular flexibility index (Phi) is 13.1. The van der Waals surface area contributed by atoms with Gasteiger partial charge >= 0.3 is 5.97 Å². The number of rotatable bonds is 5. The van der Waals surface area contributed by atoms with E-state index in [0.717, 1.165) is 24.8 Å². The van der Waals surface area contributed by atoms with E-state index in [-0.39, 0.29) is 77.3 Å². The van der Waals surface area contributed by atoms with Gasteiger partial charge in [-0.2, -0.15) is 0 Å². The zero-order valence-corrected chi connectivity index (χ0v) is 34.5. The number of esters is 1. The maximum Gasteiger partial charge on any atom is 0.311 e. The molecule has 8 heteroatoms. The molecule has 0 radical (unpaired) electrons. The Labute approximate surface area is 305 Å². The van der Waals surface area contributed by atoms with E-state index in [1.807, 2.05) is 27.7 Å². The predicted molar refractivity (Wildman–Crippen MR) is 197 cm³/mol. The highest BCUT2D eigenvalue weighted by Crippen LogP contribution is 2.48. The highest BCUT2D eigenvalue weighted by molar-refractivity contribution is 5.73. The molecule has 0 spiro atoms. The predicted octanol–water partition coefficient (Wildman–Crippen LogP) is 9.33. The molecule has 0 aromatic heterocycles. The number of ether oxygens (including phenoxy) is 7. The Bertz CT molecular complexity index is 1160. The molecule has 0 aliphatic carbocycles. The fourth-order valence-electron chi connectivity index (χ4n) is 9.66. The summed E-state index contributed by atoms with van der Waals surface area (Å²) in [4.78, 5) is 14.4. The van der Waals surface area contributed by atoms with Crippen LogP contribution in [0, 0.1) is 52.3 Å². The summed E-state index contributed by atoms with van der Waals surface area (Å²) in [6.07, 6.45) is 0.608. The molecule has 4 heterocycles. The third-order valence-electron chi connectivity index (χ3n) is 13.3. The van der Waals surface area contributed by atoms with E-state index < -0.39 is 30.2 Å². The van der Waals surface area contributed by atoms with Gasteiger partial charge in [0.25, 0.3) is 0 Å². The van der Waals surface area contributed by atoms with Gasteiger partial charge in [0.2, 0.25) is 0 Å². The van der Waals surface area contributed by atoms with Crippen LogP contribution in [-0.2, 0) is 38.0 Å². The van der Waals surface area contributed by atoms with E-state index in [2.05, 4.69) is 89.7 Å². The molecule has 0 amide bonds. The van der Waals surface area contributed by atoms with Crippen molar-refractivity contribution in [1.82, 2.24) is 0 Å². The first kappa shape index (κ1) is 41.7. The molecule has 0 N–H and O–H groups in total. The van der Waals surface area contributed by atoms with E-state index in [1.54, 1.807) is 0 Å². The second-order valence-corrected chi connectivity index (χ2v) is 18.9. The van der Waals surface area contributed by atoms with Crippen LogP contribution in [-0.4, -0.2) is 67.1 Å². The normalized spacial score (nSPS) is 47.2. The maximum atomic E-state index is 14.4. The summed E-state index contributed by atoms with van der Waals surface area (Å²) in [5, 5.41) is 0. The number of cyclic esters (lactones) is 1. The van der Waals surface area contributed by atoms with Crippen molar-refractivity contribution in [3.63, 3.8) is 0 Å². The van der Waals surface area contributed by atoms with Crippen LogP contribution in [0.25, 0.3) is 0 Å². The summed E-state index contributed by atoms with van der Waals surface area (Å²) in [6, 6.07) is 0. The van der Waals surface area contributed by atoms with Crippen molar-refractivity contribution in [3.05, 3.63) is 12.2 Å². The Hall–Kier alpha value is -1.03. The number of hydrogen-bond donors (Lipinski definition) is 0. The van der Waals surface area contributed by atoms with Gasteiger partial charge in [0.1, 0.15) is 6.10 Å². The Morgan fingerprint density at radius 3 is 2.02 bits per heavy atom. The van der Waals surface area contributed by atoms with Crippen LogP contribution in [0.5, 0.6) is 0 Å². The van der Waals surface area contributed by atoms with Gasteiger partial charge in [0.15, 0.2) is 18.4 Å². The highest BCUT2D eigenvalue weighted by atomic mass is 16.7. The lowest BCUT2D eigenvalue weighted by Gasteiger charge is -2.51. The van der Waals surface area contributed by atoms with Gasteiger partial charge in [-0.3, -0.25) is 4.79 Å². The zero-order valence-electron chi connectivity index (χ0n) is 34.5. The molecule has 1 unspecified atom stereocenters. The van der Waals surface area contributed by atoms with Crippen LogP contribution in [0.2, 0.25) is 0 Å². The number of fused-ring (bicyclic) bond motifs is 2. The molecule has 4 aliphatic rings. The van der Waals surface area contributed by atoms with Crippen molar-refractivity contribution in [3.8, 4) is 0 Å². The molecule has 4 rings (SSSR count). The lowest BCUT2D eigenvalue weighted by atomic mass is 9.69. The maximum absolute atomic E-state index is 14.4. The third-order valence-corrected chi connectivity index (χ3v) is 13.3. The van der Waals surface area contributed by atoms with Crippen LogP contribution in [0.15, 0.2) is 12.2 Å². The lowest BCUT2D eigenvalue weighted by molar-refractivity contribution is -0.324. The molecule has 2 bridgehead atoms. The second-order valence-electron chi connectivity index (χ2n) is 18.9. The lowest BCUT2D eigenvalue weighted by Crippen LogP contribution is -2.56. The van der Waals surface area contributed by atoms with Crippen LogP contribution in [0.1, 0.15) is 136 Å². The van der Waals surface area contributed by atoms with Gasteiger partial charge in [0.05, 0.1) is 42.5 Å². The minimum Gasteiger partial charge on any atom is -0.457 e. The molecule has 8 nitrogen and oxygen atoms in total. The summed E-state index contributed by atoms with van der Waals surface area (Å²) in [6.45, 7) is 39.2. The number of hydrogen-bond acceptors (Lipinski definition) is 8. The standard InChI is InChI=1S/C42H74O8/c1-18-32-26(6)36-27(7)34(49-42(16,17)50-36)23(3)20-41(14,15)37(48-39-25(5)22(2)19-24(4)44-39)28(8)35(29(9)38(43)46-32)47-33-21-40(12,13)30(10)31(11)45-33/h22-25,27-37,39H,6,18-21H2,1-5,7-17H3/t22-,23+,24+,25+,27-,28-,29+,30-,31-,32+,33-,34-,35-,36?,37+,39-/m0/s1. The number of carbonyl (C=O) groups is 1. The molecule has 16 atom stereocenters. The van der Waals surface area contributed by atoms with E-state index in [0.29, 0.717) is 18.3 Å². The Balaban J connectivity index is 1.82. The second kappa shape index (κ2) is 15.8. The minimum atomic E-state index is -0.821. The van der Waals surface area contributed by atoms with Gasteiger partial charge in [-0.15, -0.1) is 0 Å². The SMILES string of the molecule is C=C1C2OC(C)(C)O[C@@H]([C@H](C)CC(C)(C)[C@H](O[C@@H]3O[C@H](C)C[C@H](C)[C@H]3C)[C@@H](C)[C@H](O[C@H]3CC(C)(C)[C@@H](C)[C@H](C)O3)[C@@H](C)C(=O)O[C@@H]1CC)[C@@H]2C. The fraction of sp³-hybridized carbons (Fsp3) is 0.929. The smallest absolute Gasteiger partial charge is 0.311 e. The summed E-state index contributed by atoms with van der Waals surface area (Å²) in [5.41, 5.74) is 0.426. The monoisotopic (exact) mass is 707 g/mol. The summed E-state index contributed by atoms with van der Waals surface area (Å²) >= 11 is 0. The fourth-order valence-corrected chi connectivity index (χ4v) is 9.66. The molecule has 4 saturated heterocycles. The Morgan fingerprint density at radius 2 is 1.42 bits per heavy atom. The zero-order chi connectivity index (χ0) is 37.7. The molecule has 4 fully saturated rings. The first-order valence-corrected chi connectivity index (χ1v) is 19.9. The van der Waals surface area contributed by atoms with Crippen LogP contribution < -0.4 is 0 Å². The minimum absolute atomic E-state index is 0.00176. The summed E-state index contributed by atoms with van der Waals surface area (Å²) in [5.74, 6) is -0.758. The molecule has 0 saturated carbocycles. The van der Waals surface area contributed by atoms with Gasteiger partial charge in [0, 0.05) is 24.2 Å². The van der Waals surface area contributed by atoms with Gasteiger partial charge in [-0.1, -0.05) is 82.7 Å². The van der Waals surface area contributed by atoms with E-state index in [9.17, 15) is 4.79 Å². The highest BCUT2D eigenvalue weighted by Gasteiger charge is 2.51. The van der Waals surface area contributed by atoms with Crippen LogP contribution in [0.3, 0.4) is 0 Å². The van der Waals surface area contributed by atoms with Gasteiger partial charge in [-0.25, -0.2) is 0 Å². The van der Waals surface area contributed by atoms with Crippen molar-refractivity contribution in [2.45, 2.75) is 198 Å². The van der Waals surface area contributed by atoms with Crippen LogP contribution in [0.4, 0.5) is 0 Å². The van der Waals surface area contributed by atoms with Crippen molar-refractivity contribution in [2.24, 2.45) is 52.3 Å². The molecule has 0 aromatic rings. The van der Waals surface area contributed by atoms with Crippen molar-refractivity contribution in [1.29, 1.82) is 0 Å². The topological polar surface area (TPSA) is 81.7 Å². The molecular weight excluding hydrogens is 632 g/mol. The van der Waals surface area contributed by atoms with Gasteiger partial charge < -0.3 is 33.2 Å². The van der Waals surface area contributed by atoms with Crippen LogP contribution >= 0.6 is 0 Å². The summed E-state index contributed by atoms with van der Waals surface area (Å²) in [7, 11) is 0. The van der Waals surface area contributed by atoms with E-state index in [1.165, 1.54) is 0 Å². The largest absolute Gasteiger partial charge is 0.457 e. The number of carbonyl (C=O) groups excluding carboxylic acids is 1. The molecular formula is C42H74O8. The average Bonchev–Trinajstić information content (AvgIpc) is 3.01. The quantitative estimate of drug-likeness (QED) is 0.207.